The van der Waals surface area contributed by atoms with Gasteiger partial charge in [-0.15, -0.1) is 0 Å². The molecule has 0 saturated carbocycles. The zero-order valence-corrected chi connectivity index (χ0v) is 11.4. The van der Waals surface area contributed by atoms with Gasteiger partial charge in [0.1, 0.15) is 0 Å². The Balaban J connectivity index is 1.89. The number of piperidine rings is 1. The van der Waals surface area contributed by atoms with Gasteiger partial charge in [-0.25, -0.2) is 0 Å². The van der Waals surface area contributed by atoms with Crippen LogP contribution in [0.5, 0.6) is 0 Å². The summed E-state index contributed by atoms with van der Waals surface area (Å²) in [4.78, 5) is 14.1. The van der Waals surface area contributed by atoms with Crippen molar-refractivity contribution in [2.24, 2.45) is 5.73 Å². The van der Waals surface area contributed by atoms with Gasteiger partial charge in [-0.05, 0) is 24.8 Å². The van der Waals surface area contributed by atoms with E-state index in [1.54, 1.807) is 0 Å². The van der Waals surface area contributed by atoms with E-state index in [0.29, 0.717) is 6.42 Å². The van der Waals surface area contributed by atoms with E-state index in [2.05, 4.69) is 12.6 Å². The molecule has 0 aromatic heterocycles. The minimum atomic E-state index is -0.248. The molecule has 1 aromatic carbocycles. The number of carbonyl (C=O) groups excluding carboxylic acids is 1. The molecule has 1 unspecified atom stereocenters. The molecule has 2 N–H and O–H groups in total. The normalized spacial score (nSPS) is 18.7. The summed E-state index contributed by atoms with van der Waals surface area (Å²) in [6.07, 6.45) is 2.49. The number of carbonyl (C=O) groups is 1. The second-order valence-corrected chi connectivity index (χ2v) is 5.49. The lowest BCUT2D eigenvalue weighted by Gasteiger charge is -2.31. The number of hydrogen-bond donors (Lipinski definition) is 2. The predicted octanol–water partition coefficient (Wildman–Crippen LogP) is 1.48. The van der Waals surface area contributed by atoms with Crippen LogP contribution in [0.4, 0.5) is 0 Å². The summed E-state index contributed by atoms with van der Waals surface area (Å²) in [7, 11) is 0. The largest absolute Gasteiger partial charge is 0.342 e. The molecule has 1 amide bonds. The number of likely N-dealkylation sites (tertiary alicyclic amines) is 1. The first kappa shape index (κ1) is 13.4. The van der Waals surface area contributed by atoms with Crippen molar-refractivity contribution in [2.75, 3.05) is 13.1 Å². The Morgan fingerprint density at radius 3 is 2.56 bits per heavy atom. The van der Waals surface area contributed by atoms with Crippen LogP contribution in [0.2, 0.25) is 0 Å². The van der Waals surface area contributed by atoms with Crippen molar-refractivity contribution >= 4 is 18.5 Å². The Bertz CT molecular complexity index is 388. The van der Waals surface area contributed by atoms with Crippen LogP contribution in [0.15, 0.2) is 30.3 Å². The Kier molecular flexibility index (Phi) is 4.66. The first-order valence-corrected chi connectivity index (χ1v) is 6.95. The van der Waals surface area contributed by atoms with Crippen LogP contribution in [-0.2, 0) is 11.2 Å². The fourth-order valence-corrected chi connectivity index (χ4v) is 2.63. The summed E-state index contributed by atoms with van der Waals surface area (Å²) in [6.45, 7) is 1.54. The van der Waals surface area contributed by atoms with Gasteiger partial charge in [-0.2, -0.15) is 12.6 Å². The van der Waals surface area contributed by atoms with Crippen LogP contribution >= 0.6 is 12.6 Å². The van der Waals surface area contributed by atoms with Gasteiger partial charge in [-0.1, -0.05) is 30.3 Å². The Hall–Kier alpha value is -1.00. The third-order valence-corrected chi connectivity index (χ3v) is 3.81. The molecule has 4 heteroatoms. The monoisotopic (exact) mass is 264 g/mol. The zero-order valence-electron chi connectivity index (χ0n) is 10.5. The van der Waals surface area contributed by atoms with E-state index in [0.717, 1.165) is 31.5 Å². The maximum Gasteiger partial charge on any atom is 0.235 e. The molecule has 2 rings (SSSR count). The Labute approximate surface area is 114 Å². The van der Waals surface area contributed by atoms with E-state index in [9.17, 15) is 4.79 Å². The van der Waals surface area contributed by atoms with Crippen LogP contribution in [0, 0.1) is 0 Å². The van der Waals surface area contributed by atoms with Crippen molar-refractivity contribution in [3.63, 3.8) is 0 Å². The lowest BCUT2D eigenvalue weighted by atomic mass is 10.0. The molecule has 0 spiro atoms. The second-order valence-electron chi connectivity index (χ2n) is 4.87. The van der Waals surface area contributed by atoms with Gasteiger partial charge in [0.2, 0.25) is 5.91 Å². The molecule has 18 heavy (non-hydrogen) atoms. The molecule has 98 valence electrons. The van der Waals surface area contributed by atoms with Crippen molar-refractivity contribution < 1.29 is 4.79 Å². The minimum absolute atomic E-state index is 0.133. The second kappa shape index (κ2) is 6.25. The average molecular weight is 264 g/mol. The molecule has 1 aliphatic rings. The van der Waals surface area contributed by atoms with Gasteiger partial charge in [-0.3, -0.25) is 4.79 Å². The van der Waals surface area contributed by atoms with E-state index >= 15 is 0 Å². The van der Waals surface area contributed by atoms with Crippen LogP contribution < -0.4 is 5.73 Å². The lowest BCUT2D eigenvalue weighted by Crippen LogP contribution is -2.46. The van der Waals surface area contributed by atoms with Gasteiger partial charge >= 0.3 is 0 Å². The molecule has 1 heterocycles. The van der Waals surface area contributed by atoms with Gasteiger partial charge < -0.3 is 10.6 Å². The van der Waals surface area contributed by atoms with Crippen LogP contribution in [0.1, 0.15) is 18.4 Å². The highest BCUT2D eigenvalue weighted by Gasteiger charge is 2.25. The van der Waals surface area contributed by atoms with Crippen molar-refractivity contribution in [3.05, 3.63) is 35.9 Å². The number of nitrogens with zero attached hydrogens (tertiary/aromatic N) is 1. The number of nitrogens with two attached hydrogens (primary N) is 1. The highest BCUT2D eigenvalue weighted by molar-refractivity contribution is 7.81. The van der Waals surface area contributed by atoms with E-state index in [1.807, 2.05) is 35.2 Å². The summed E-state index contributed by atoms with van der Waals surface area (Å²) in [6, 6.07) is 10.3. The van der Waals surface area contributed by atoms with E-state index in [4.69, 9.17) is 5.73 Å². The minimum Gasteiger partial charge on any atom is -0.342 e. The molecule has 0 bridgehead atoms. The first-order valence-electron chi connectivity index (χ1n) is 6.43. The molecule has 0 radical (unpaired) electrons. The van der Waals surface area contributed by atoms with Gasteiger partial charge in [0.25, 0.3) is 0 Å². The summed E-state index contributed by atoms with van der Waals surface area (Å²) in [5.41, 5.74) is 6.99. The molecule has 1 fully saturated rings. The average Bonchev–Trinajstić information content (AvgIpc) is 2.40. The van der Waals surface area contributed by atoms with Crippen LogP contribution in [0.25, 0.3) is 0 Å². The van der Waals surface area contributed by atoms with Gasteiger partial charge in [0, 0.05) is 19.1 Å². The summed E-state index contributed by atoms with van der Waals surface area (Å²) >= 11 is 4.45. The molecular formula is C14H20N2OS. The fraction of sp³-hybridized carbons (Fsp3) is 0.500. The van der Waals surface area contributed by atoms with Gasteiger partial charge in [0.05, 0.1) is 5.25 Å². The quantitative estimate of drug-likeness (QED) is 0.812. The standard InChI is InChI=1S/C14H20N2OS/c15-12-6-8-16(9-7-12)14(17)13(18)10-11-4-2-1-3-5-11/h1-5,12-13,18H,6-10,15H2. The molecule has 3 nitrogen and oxygen atoms in total. The van der Waals surface area contributed by atoms with E-state index in [1.165, 1.54) is 0 Å². The number of benzene rings is 1. The number of thiol groups is 1. The molecule has 1 atom stereocenters. The summed E-state index contributed by atoms with van der Waals surface area (Å²) in [5, 5.41) is -0.248. The maximum atomic E-state index is 12.2. The van der Waals surface area contributed by atoms with E-state index in [-0.39, 0.29) is 17.2 Å². The summed E-state index contributed by atoms with van der Waals surface area (Å²) < 4.78 is 0. The molecular weight excluding hydrogens is 244 g/mol. The third-order valence-electron chi connectivity index (χ3n) is 3.41. The summed E-state index contributed by atoms with van der Waals surface area (Å²) in [5.74, 6) is 0.133. The molecule has 1 aromatic rings. The Morgan fingerprint density at radius 1 is 1.33 bits per heavy atom. The zero-order chi connectivity index (χ0) is 13.0. The number of amides is 1. The van der Waals surface area contributed by atoms with Crippen molar-refractivity contribution in [1.82, 2.24) is 4.90 Å². The van der Waals surface area contributed by atoms with Crippen LogP contribution in [-0.4, -0.2) is 35.2 Å². The molecule has 1 aliphatic heterocycles. The number of rotatable bonds is 3. The van der Waals surface area contributed by atoms with E-state index < -0.39 is 0 Å². The molecule has 1 saturated heterocycles. The highest BCUT2D eigenvalue weighted by atomic mass is 32.1. The van der Waals surface area contributed by atoms with Crippen molar-refractivity contribution in [3.8, 4) is 0 Å². The first-order chi connectivity index (χ1) is 8.66. The SMILES string of the molecule is NC1CCN(C(=O)C(S)Cc2ccccc2)CC1. The topological polar surface area (TPSA) is 46.3 Å². The van der Waals surface area contributed by atoms with Crippen molar-refractivity contribution in [1.29, 1.82) is 0 Å². The van der Waals surface area contributed by atoms with Gasteiger partial charge in [0.15, 0.2) is 0 Å². The highest BCUT2D eigenvalue weighted by Crippen LogP contribution is 2.15. The lowest BCUT2D eigenvalue weighted by molar-refractivity contribution is -0.131. The number of hydrogen-bond acceptors (Lipinski definition) is 3. The molecule has 0 aliphatic carbocycles. The predicted molar refractivity (Wildman–Crippen MR) is 76.7 cm³/mol. The Morgan fingerprint density at radius 2 is 1.94 bits per heavy atom. The van der Waals surface area contributed by atoms with Crippen LogP contribution in [0.3, 0.4) is 0 Å². The third kappa shape index (κ3) is 3.50. The van der Waals surface area contributed by atoms with Crippen molar-refractivity contribution in [2.45, 2.75) is 30.6 Å². The smallest absolute Gasteiger partial charge is 0.235 e. The maximum absolute atomic E-state index is 12.2. The fourth-order valence-electron chi connectivity index (χ4n) is 2.26.